The normalized spacial score (nSPS) is 12.2. The van der Waals surface area contributed by atoms with E-state index >= 15 is 0 Å². The Bertz CT molecular complexity index is 709. The Morgan fingerprint density at radius 3 is 2.71 bits per heavy atom. The first kappa shape index (κ1) is 18.6. The Labute approximate surface area is 147 Å². The topological polar surface area (TPSA) is 66.9 Å². The summed E-state index contributed by atoms with van der Waals surface area (Å²) in [5, 5.41) is 13.8. The van der Waals surface area contributed by atoms with Crippen molar-refractivity contribution in [1.29, 1.82) is 0 Å². The van der Waals surface area contributed by atoms with Crippen molar-refractivity contribution in [3.05, 3.63) is 29.8 Å². The molecular formula is C15H18F2N4OS2. The summed E-state index contributed by atoms with van der Waals surface area (Å²) in [4.78, 5) is 12.1. The van der Waals surface area contributed by atoms with Crippen molar-refractivity contribution in [3.63, 3.8) is 0 Å². The quantitative estimate of drug-likeness (QED) is 0.719. The fourth-order valence-corrected chi connectivity index (χ4v) is 3.55. The van der Waals surface area contributed by atoms with Gasteiger partial charge in [-0.3, -0.25) is 4.79 Å². The molecule has 0 aliphatic heterocycles. The predicted molar refractivity (Wildman–Crippen MR) is 93.5 cm³/mol. The van der Waals surface area contributed by atoms with E-state index in [1.165, 1.54) is 29.2 Å². The molecule has 0 bridgehead atoms. The molecule has 0 fully saturated rings. The molecule has 0 unspecified atom stereocenters. The number of nitrogens with one attached hydrogen (secondary N) is 2. The zero-order valence-electron chi connectivity index (χ0n) is 13.5. The minimum Gasteiger partial charge on any atom is -0.360 e. The van der Waals surface area contributed by atoms with Crippen molar-refractivity contribution < 1.29 is 13.6 Å². The lowest BCUT2D eigenvalue weighted by Crippen LogP contribution is -2.22. The van der Waals surface area contributed by atoms with Crippen LogP contribution in [0, 0.1) is 17.6 Å². The molecule has 5 nitrogen and oxygen atoms in total. The second-order valence-electron chi connectivity index (χ2n) is 5.52. The van der Waals surface area contributed by atoms with Gasteiger partial charge in [0.1, 0.15) is 11.6 Å². The van der Waals surface area contributed by atoms with Gasteiger partial charge in [0.25, 0.3) is 0 Å². The van der Waals surface area contributed by atoms with E-state index in [0.717, 1.165) is 18.7 Å². The number of hydrogen-bond acceptors (Lipinski definition) is 6. The first-order valence-corrected chi connectivity index (χ1v) is 9.04. The number of anilines is 2. The lowest BCUT2D eigenvalue weighted by atomic mass is 10.2. The first-order chi connectivity index (χ1) is 11.3. The van der Waals surface area contributed by atoms with E-state index in [-0.39, 0.29) is 5.69 Å². The van der Waals surface area contributed by atoms with Crippen molar-refractivity contribution >= 4 is 39.8 Å². The van der Waals surface area contributed by atoms with Gasteiger partial charge in [0.2, 0.25) is 11.0 Å². The largest absolute Gasteiger partial charge is 0.360 e. The van der Waals surface area contributed by atoms with Crippen molar-refractivity contribution in [2.75, 3.05) is 17.2 Å². The van der Waals surface area contributed by atoms with Crippen LogP contribution in [0.2, 0.25) is 0 Å². The van der Waals surface area contributed by atoms with E-state index in [4.69, 9.17) is 0 Å². The van der Waals surface area contributed by atoms with Crippen LogP contribution in [-0.4, -0.2) is 27.9 Å². The minimum absolute atomic E-state index is 0.0506. The molecule has 2 aromatic rings. The molecule has 1 aromatic carbocycles. The van der Waals surface area contributed by atoms with E-state index < -0.39 is 22.8 Å². The molecular weight excluding hydrogens is 354 g/mol. The summed E-state index contributed by atoms with van der Waals surface area (Å²) in [7, 11) is 0. The fourth-order valence-electron chi connectivity index (χ4n) is 1.65. The minimum atomic E-state index is -0.809. The molecule has 24 heavy (non-hydrogen) atoms. The maximum atomic E-state index is 13.6. The van der Waals surface area contributed by atoms with Gasteiger partial charge in [0.15, 0.2) is 4.34 Å². The van der Waals surface area contributed by atoms with Crippen LogP contribution < -0.4 is 10.6 Å². The average molecular weight is 372 g/mol. The monoisotopic (exact) mass is 372 g/mol. The smallest absolute Gasteiger partial charge is 0.237 e. The molecule has 1 amide bonds. The summed E-state index contributed by atoms with van der Waals surface area (Å²) in [6.07, 6.45) is 0. The van der Waals surface area contributed by atoms with E-state index in [9.17, 15) is 13.6 Å². The molecule has 0 aliphatic carbocycles. The molecule has 2 N–H and O–H groups in total. The number of hydrogen-bond donors (Lipinski definition) is 2. The van der Waals surface area contributed by atoms with Crippen LogP contribution >= 0.6 is 23.1 Å². The molecule has 130 valence electrons. The highest BCUT2D eigenvalue weighted by Crippen LogP contribution is 2.29. The third-order valence-electron chi connectivity index (χ3n) is 2.90. The maximum absolute atomic E-state index is 13.6. The van der Waals surface area contributed by atoms with Crippen molar-refractivity contribution in [2.24, 2.45) is 5.92 Å². The molecule has 0 spiro atoms. The molecule has 0 saturated heterocycles. The van der Waals surface area contributed by atoms with Gasteiger partial charge in [-0.2, -0.15) is 0 Å². The zero-order valence-corrected chi connectivity index (χ0v) is 15.1. The molecule has 1 heterocycles. The molecule has 1 aromatic heterocycles. The van der Waals surface area contributed by atoms with E-state index in [1.807, 2.05) is 0 Å². The van der Waals surface area contributed by atoms with Crippen LogP contribution in [0.15, 0.2) is 22.5 Å². The summed E-state index contributed by atoms with van der Waals surface area (Å²) in [5.74, 6) is -1.41. The number of halogens is 2. The molecule has 0 saturated carbocycles. The van der Waals surface area contributed by atoms with Crippen LogP contribution in [0.5, 0.6) is 0 Å². The Hall–Kier alpha value is -1.74. The van der Waals surface area contributed by atoms with Crippen molar-refractivity contribution in [2.45, 2.75) is 30.4 Å². The average Bonchev–Trinajstić information content (AvgIpc) is 2.95. The predicted octanol–water partition coefficient (Wildman–Crippen LogP) is 4.00. The SMILES string of the molecule is CC(C)CNc1nnc(S[C@H](C)C(=O)Nc2ccc(F)cc2F)s1. The van der Waals surface area contributed by atoms with Gasteiger partial charge in [-0.05, 0) is 25.0 Å². The Morgan fingerprint density at radius 2 is 2.04 bits per heavy atom. The van der Waals surface area contributed by atoms with Gasteiger partial charge in [0.05, 0.1) is 10.9 Å². The first-order valence-electron chi connectivity index (χ1n) is 7.35. The third-order valence-corrected chi connectivity index (χ3v) is 4.97. The summed E-state index contributed by atoms with van der Waals surface area (Å²) >= 11 is 2.59. The lowest BCUT2D eigenvalue weighted by molar-refractivity contribution is -0.115. The van der Waals surface area contributed by atoms with Crippen molar-refractivity contribution in [3.8, 4) is 0 Å². The third kappa shape index (κ3) is 5.41. The summed E-state index contributed by atoms with van der Waals surface area (Å²) in [6.45, 7) is 6.65. The number of nitrogens with zero attached hydrogens (tertiary/aromatic N) is 2. The van der Waals surface area contributed by atoms with Gasteiger partial charge in [-0.1, -0.05) is 36.9 Å². The number of benzene rings is 1. The number of amides is 1. The Morgan fingerprint density at radius 1 is 1.29 bits per heavy atom. The number of carbonyl (C=O) groups is 1. The van der Waals surface area contributed by atoms with Gasteiger partial charge < -0.3 is 10.6 Å². The highest BCUT2D eigenvalue weighted by molar-refractivity contribution is 8.02. The maximum Gasteiger partial charge on any atom is 0.237 e. The van der Waals surface area contributed by atoms with E-state index in [2.05, 4.69) is 34.7 Å². The van der Waals surface area contributed by atoms with Crippen LogP contribution in [0.3, 0.4) is 0 Å². The van der Waals surface area contributed by atoms with Gasteiger partial charge in [-0.25, -0.2) is 8.78 Å². The number of thioether (sulfide) groups is 1. The number of carbonyl (C=O) groups excluding carboxylic acids is 1. The van der Waals surface area contributed by atoms with E-state index in [0.29, 0.717) is 15.4 Å². The zero-order chi connectivity index (χ0) is 17.7. The molecule has 1 atom stereocenters. The fraction of sp³-hybridized carbons (Fsp3) is 0.400. The second kappa shape index (κ2) is 8.39. The molecule has 0 radical (unpaired) electrons. The molecule has 2 rings (SSSR count). The van der Waals surface area contributed by atoms with Gasteiger partial charge in [0, 0.05) is 12.6 Å². The van der Waals surface area contributed by atoms with Crippen LogP contribution in [0.4, 0.5) is 19.6 Å². The summed E-state index contributed by atoms with van der Waals surface area (Å²) in [5.41, 5.74) is -0.0506. The van der Waals surface area contributed by atoms with Crippen LogP contribution in [0.25, 0.3) is 0 Å². The highest BCUT2D eigenvalue weighted by Gasteiger charge is 2.18. The standard InChI is InChI=1S/C15H18F2N4OS2/c1-8(2)7-18-14-20-21-15(24-14)23-9(3)13(22)19-12-5-4-10(16)6-11(12)17/h4-6,8-9H,7H2,1-3H3,(H,18,20)(H,19,22)/t9-/m1/s1. The lowest BCUT2D eigenvalue weighted by Gasteiger charge is -2.10. The van der Waals surface area contributed by atoms with Gasteiger partial charge >= 0.3 is 0 Å². The Balaban J connectivity index is 1.91. The number of rotatable bonds is 7. The van der Waals surface area contributed by atoms with Crippen molar-refractivity contribution in [1.82, 2.24) is 10.2 Å². The Kier molecular flexibility index (Phi) is 6.50. The molecule has 0 aliphatic rings. The van der Waals surface area contributed by atoms with Crippen LogP contribution in [-0.2, 0) is 4.79 Å². The van der Waals surface area contributed by atoms with Gasteiger partial charge in [-0.15, -0.1) is 10.2 Å². The highest BCUT2D eigenvalue weighted by atomic mass is 32.2. The summed E-state index contributed by atoms with van der Waals surface area (Å²) < 4.78 is 27.1. The number of aromatic nitrogens is 2. The van der Waals surface area contributed by atoms with E-state index in [1.54, 1.807) is 6.92 Å². The summed E-state index contributed by atoms with van der Waals surface area (Å²) in [6, 6.07) is 3.01. The molecule has 9 heteroatoms. The van der Waals surface area contributed by atoms with Crippen LogP contribution in [0.1, 0.15) is 20.8 Å². The second-order valence-corrected chi connectivity index (χ2v) is 8.09.